The lowest BCUT2D eigenvalue weighted by atomic mass is 10.1. The van der Waals surface area contributed by atoms with E-state index in [0.717, 1.165) is 5.56 Å². The number of nitrogens with one attached hydrogen (secondary N) is 1. The van der Waals surface area contributed by atoms with Gasteiger partial charge < -0.3 is 14.6 Å². The minimum atomic E-state index is -0.602. The molecule has 0 bridgehead atoms. The van der Waals surface area contributed by atoms with Crippen molar-refractivity contribution in [2.24, 2.45) is 0 Å². The van der Waals surface area contributed by atoms with Crippen LogP contribution in [0.5, 0.6) is 5.75 Å². The molecule has 3 aromatic rings. The molecule has 26 heavy (non-hydrogen) atoms. The summed E-state index contributed by atoms with van der Waals surface area (Å²) in [6.07, 6.45) is -0.134. The average molecular weight is 390 g/mol. The minimum Gasteiger partial charge on any atom is -0.480 e. The Bertz CT molecular complexity index is 974. The van der Waals surface area contributed by atoms with Gasteiger partial charge in [-0.05, 0) is 35.9 Å². The Morgan fingerprint density at radius 1 is 1.23 bits per heavy atom. The molecule has 0 spiro atoms. The van der Waals surface area contributed by atoms with Crippen LogP contribution >= 0.6 is 23.2 Å². The molecule has 4 rings (SSSR count). The first kappa shape index (κ1) is 16.9. The number of fused-ring (bicyclic) bond motifs is 1. The summed E-state index contributed by atoms with van der Waals surface area (Å²) in [6, 6.07) is 12.5. The molecule has 1 amide bonds. The van der Waals surface area contributed by atoms with E-state index in [4.69, 9.17) is 32.5 Å². The summed E-state index contributed by atoms with van der Waals surface area (Å²) in [6.45, 7) is 0.104. The summed E-state index contributed by atoms with van der Waals surface area (Å²) in [5.41, 5.74) is 1.58. The fourth-order valence-corrected chi connectivity index (χ4v) is 3.13. The number of nitrogens with zero attached hydrogens (tertiary/aromatic N) is 2. The van der Waals surface area contributed by atoms with Gasteiger partial charge in [0, 0.05) is 17.0 Å². The van der Waals surface area contributed by atoms with Crippen molar-refractivity contribution in [3.05, 3.63) is 64.0 Å². The fourth-order valence-electron chi connectivity index (χ4n) is 2.72. The molecule has 1 atom stereocenters. The van der Waals surface area contributed by atoms with Crippen molar-refractivity contribution in [2.75, 3.05) is 0 Å². The molecular formula is C18H13Cl2N3O3. The lowest BCUT2D eigenvalue weighted by Crippen LogP contribution is -2.37. The number of benzene rings is 2. The van der Waals surface area contributed by atoms with E-state index in [-0.39, 0.29) is 18.3 Å². The standard InChI is InChI=1S/C18H13Cl2N3O3/c19-11-5-6-14-10(7-11)8-15(25-14)18(24)21-9-16-22-17(23-26-16)12-3-1-2-4-13(12)20/h1-7,15H,8-9H2,(H,21,24)/t15-/m1/s1. The maximum absolute atomic E-state index is 12.3. The average Bonchev–Trinajstić information content (AvgIpc) is 3.26. The van der Waals surface area contributed by atoms with Crippen molar-refractivity contribution < 1.29 is 14.1 Å². The Morgan fingerprint density at radius 3 is 2.92 bits per heavy atom. The highest BCUT2D eigenvalue weighted by atomic mass is 35.5. The van der Waals surface area contributed by atoms with E-state index in [9.17, 15) is 4.79 Å². The van der Waals surface area contributed by atoms with Crippen LogP contribution < -0.4 is 10.1 Å². The maximum Gasteiger partial charge on any atom is 0.261 e. The lowest BCUT2D eigenvalue weighted by molar-refractivity contribution is -0.127. The van der Waals surface area contributed by atoms with Gasteiger partial charge in [-0.15, -0.1) is 0 Å². The second-order valence-electron chi connectivity index (χ2n) is 5.77. The third-order valence-corrected chi connectivity index (χ3v) is 4.55. The van der Waals surface area contributed by atoms with Gasteiger partial charge in [0.25, 0.3) is 5.91 Å². The smallest absolute Gasteiger partial charge is 0.261 e. The van der Waals surface area contributed by atoms with Gasteiger partial charge in [0.15, 0.2) is 6.10 Å². The van der Waals surface area contributed by atoms with Crippen molar-refractivity contribution in [1.29, 1.82) is 0 Å². The Kier molecular flexibility index (Phi) is 4.53. The van der Waals surface area contributed by atoms with Gasteiger partial charge in [-0.25, -0.2) is 0 Å². The van der Waals surface area contributed by atoms with Gasteiger partial charge in [-0.2, -0.15) is 4.98 Å². The van der Waals surface area contributed by atoms with E-state index in [1.54, 1.807) is 30.3 Å². The van der Waals surface area contributed by atoms with Crippen LogP contribution in [0.25, 0.3) is 11.4 Å². The monoisotopic (exact) mass is 389 g/mol. The van der Waals surface area contributed by atoms with E-state index in [1.165, 1.54) is 0 Å². The van der Waals surface area contributed by atoms with Gasteiger partial charge in [-0.1, -0.05) is 40.5 Å². The summed E-state index contributed by atoms with van der Waals surface area (Å²) in [4.78, 5) is 16.6. The molecule has 0 saturated heterocycles. The zero-order valence-electron chi connectivity index (χ0n) is 13.4. The van der Waals surface area contributed by atoms with Crippen LogP contribution in [-0.2, 0) is 17.8 Å². The van der Waals surface area contributed by atoms with Crippen LogP contribution in [0.2, 0.25) is 10.0 Å². The van der Waals surface area contributed by atoms with Crippen molar-refractivity contribution >= 4 is 29.1 Å². The fraction of sp³-hybridized carbons (Fsp3) is 0.167. The predicted octanol–water partition coefficient (Wildman–Crippen LogP) is 3.66. The number of halogens is 2. The molecule has 1 aromatic heterocycles. The number of amides is 1. The second-order valence-corrected chi connectivity index (χ2v) is 6.62. The van der Waals surface area contributed by atoms with E-state index in [2.05, 4.69) is 15.5 Å². The molecule has 2 aromatic carbocycles. The summed E-state index contributed by atoms with van der Waals surface area (Å²) in [5.74, 6) is 1.08. The summed E-state index contributed by atoms with van der Waals surface area (Å²) in [5, 5.41) is 7.79. The van der Waals surface area contributed by atoms with Crippen LogP contribution in [0.1, 0.15) is 11.5 Å². The Balaban J connectivity index is 1.38. The molecule has 1 aliphatic rings. The molecular weight excluding hydrogens is 377 g/mol. The van der Waals surface area contributed by atoms with Crippen LogP contribution in [0.4, 0.5) is 0 Å². The number of carbonyl (C=O) groups is 1. The Labute approximate surface area is 159 Å². The summed E-state index contributed by atoms with van der Waals surface area (Å²) < 4.78 is 10.8. The van der Waals surface area contributed by atoms with E-state index in [0.29, 0.717) is 33.6 Å². The first-order chi connectivity index (χ1) is 12.6. The van der Waals surface area contributed by atoms with Crippen molar-refractivity contribution in [3.8, 4) is 17.1 Å². The molecule has 132 valence electrons. The highest BCUT2D eigenvalue weighted by Crippen LogP contribution is 2.31. The third kappa shape index (κ3) is 3.38. The molecule has 0 radical (unpaired) electrons. The van der Waals surface area contributed by atoms with Crippen molar-refractivity contribution in [2.45, 2.75) is 19.1 Å². The normalized spacial score (nSPS) is 15.4. The van der Waals surface area contributed by atoms with Gasteiger partial charge in [0.05, 0.1) is 11.6 Å². The molecule has 1 aliphatic heterocycles. The van der Waals surface area contributed by atoms with Crippen molar-refractivity contribution in [3.63, 3.8) is 0 Å². The van der Waals surface area contributed by atoms with Crippen LogP contribution in [0.3, 0.4) is 0 Å². The Hall–Kier alpha value is -2.57. The molecule has 1 N–H and O–H groups in total. The first-order valence-electron chi connectivity index (χ1n) is 7.90. The molecule has 6 nitrogen and oxygen atoms in total. The maximum atomic E-state index is 12.3. The number of rotatable bonds is 4. The van der Waals surface area contributed by atoms with Gasteiger partial charge >= 0.3 is 0 Å². The lowest BCUT2D eigenvalue weighted by Gasteiger charge is -2.09. The first-order valence-corrected chi connectivity index (χ1v) is 8.66. The largest absolute Gasteiger partial charge is 0.480 e. The molecule has 0 fully saturated rings. The molecule has 8 heteroatoms. The van der Waals surface area contributed by atoms with Gasteiger partial charge in [0.2, 0.25) is 11.7 Å². The topological polar surface area (TPSA) is 77.3 Å². The van der Waals surface area contributed by atoms with Gasteiger partial charge in [-0.3, -0.25) is 4.79 Å². The highest BCUT2D eigenvalue weighted by Gasteiger charge is 2.29. The third-order valence-electron chi connectivity index (χ3n) is 3.99. The SMILES string of the molecule is O=C(NCc1nc(-c2ccccc2Cl)no1)[C@H]1Cc2cc(Cl)ccc2O1. The minimum absolute atomic E-state index is 0.104. The Morgan fingerprint density at radius 2 is 2.08 bits per heavy atom. The van der Waals surface area contributed by atoms with Crippen LogP contribution in [0, 0.1) is 0 Å². The number of hydrogen-bond donors (Lipinski definition) is 1. The van der Waals surface area contributed by atoms with Crippen LogP contribution in [0.15, 0.2) is 47.0 Å². The number of carbonyl (C=O) groups excluding carboxylic acids is 1. The summed E-state index contributed by atoms with van der Waals surface area (Å²) in [7, 11) is 0. The molecule has 0 saturated carbocycles. The highest BCUT2D eigenvalue weighted by molar-refractivity contribution is 6.33. The van der Waals surface area contributed by atoms with E-state index >= 15 is 0 Å². The van der Waals surface area contributed by atoms with Crippen LogP contribution in [-0.4, -0.2) is 22.2 Å². The molecule has 0 aliphatic carbocycles. The molecule has 0 unspecified atom stereocenters. The predicted molar refractivity (Wildman–Crippen MR) is 96.2 cm³/mol. The van der Waals surface area contributed by atoms with Gasteiger partial charge in [0.1, 0.15) is 5.75 Å². The zero-order chi connectivity index (χ0) is 18.1. The number of aromatic nitrogens is 2. The summed E-state index contributed by atoms with van der Waals surface area (Å²) >= 11 is 12.1. The molecule has 2 heterocycles. The zero-order valence-corrected chi connectivity index (χ0v) is 14.9. The van der Waals surface area contributed by atoms with E-state index in [1.807, 2.05) is 12.1 Å². The van der Waals surface area contributed by atoms with Crippen molar-refractivity contribution in [1.82, 2.24) is 15.5 Å². The number of ether oxygens (including phenoxy) is 1. The number of hydrogen-bond acceptors (Lipinski definition) is 5. The quantitative estimate of drug-likeness (QED) is 0.736. The second kappa shape index (κ2) is 6.97. The van der Waals surface area contributed by atoms with E-state index < -0.39 is 6.10 Å².